The SMILES string of the molecule is COc1ccc([C@@H](NC(=O)CCCN2C(=O)c3ccccc3C2=O)c2ccccc2)cc1. The Bertz CT molecular complexity index is 1090. The number of carbonyl (C=O) groups is 3. The molecule has 3 amide bonds. The van der Waals surface area contributed by atoms with E-state index in [1.807, 2.05) is 54.6 Å². The second-order valence-electron chi connectivity index (χ2n) is 7.60. The number of nitrogens with zero attached hydrogens (tertiary/aromatic N) is 1. The second kappa shape index (κ2) is 9.47. The molecular weight excluding hydrogens is 404 g/mol. The lowest BCUT2D eigenvalue weighted by Crippen LogP contribution is -2.33. The van der Waals surface area contributed by atoms with Crippen LogP contribution in [0.5, 0.6) is 5.75 Å². The zero-order valence-corrected chi connectivity index (χ0v) is 17.8. The minimum Gasteiger partial charge on any atom is -0.497 e. The van der Waals surface area contributed by atoms with Crippen molar-refractivity contribution in [3.63, 3.8) is 0 Å². The fourth-order valence-corrected chi connectivity index (χ4v) is 3.87. The van der Waals surface area contributed by atoms with Gasteiger partial charge in [-0.3, -0.25) is 19.3 Å². The number of imide groups is 1. The van der Waals surface area contributed by atoms with Crippen molar-refractivity contribution in [2.24, 2.45) is 0 Å². The van der Waals surface area contributed by atoms with Gasteiger partial charge in [-0.05, 0) is 41.8 Å². The Morgan fingerprint density at radius 3 is 2.00 bits per heavy atom. The molecular formula is C26H24N2O4. The first-order valence-electron chi connectivity index (χ1n) is 10.5. The normalized spacial score (nSPS) is 13.6. The molecule has 162 valence electrons. The highest BCUT2D eigenvalue weighted by molar-refractivity contribution is 6.21. The summed E-state index contributed by atoms with van der Waals surface area (Å²) >= 11 is 0. The zero-order chi connectivity index (χ0) is 22.5. The van der Waals surface area contributed by atoms with Crippen LogP contribution in [-0.4, -0.2) is 36.3 Å². The summed E-state index contributed by atoms with van der Waals surface area (Å²) < 4.78 is 5.23. The Labute approximate surface area is 186 Å². The first-order valence-corrected chi connectivity index (χ1v) is 10.5. The molecule has 6 nitrogen and oxygen atoms in total. The van der Waals surface area contributed by atoms with Crippen molar-refractivity contribution in [3.8, 4) is 5.75 Å². The van der Waals surface area contributed by atoms with Crippen molar-refractivity contribution >= 4 is 17.7 Å². The fraction of sp³-hybridized carbons (Fsp3) is 0.192. The summed E-state index contributed by atoms with van der Waals surface area (Å²) in [4.78, 5) is 38.9. The molecule has 1 atom stereocenters. The Hall–Kier alpha value is -3.93. The van der Waals surface area contributed by atoms with E-state index in [4.69, 9.17) is 4.74 Å². The largest absolute Gasteiger partial charge is 0.497 e. The number of methoxy groups -OCH3 is 1. The second-order valence-corrected chi connectivity index (χ2v) is 7.60. The number of fused-ring (bicyclic) bond motifs is 1. The van der Waals surface area contributed by atoms with Gasteiger partial charge in [0.25, 0.3) is 11.8 Å². The fourth-order valence-electron chi connectivity index (χ4n) is 3.87. The molecule has 1 heterocycles. The quantitative estimate of drug-likeness (QED) is 0.551. The van der Waals surface area contributed by atoms with Crippen molar-refractivity contribution in [2.45, 2.75) is 18.9 Å². The summed E-state index contributed by atoms with van der Waals surface area (Å²) in [6.07, 6.45) is 0.592. The van der Waals surface area contributed by atoms with Crippen molar-refractivity contribution < 1.29 is 19.1 Å². The number of nitrogens with one attached hydrogen (secondary N) is 1. The van der Waals surface area contributed by atoms with E-state index in [1.165, 1.54) is 4.90 Å². The van der Waals surface area contributed by atoms with Gasteiger partial charge in [-0.2, -0.15) is 0 Å². The number of rotatable bonds is 8. The van der Waals surface area contributed by atoms with Gasteiger partial charge in [0.15, 0.2) is 0 Å². The highest BCUT2D eigenvalue weighted by Gasteiger charge is 2.34. The maximum Gasteiger partial charge on any atom is 0.261 e. The molecule has 3 aromatic carbocycles. The highest BCUT2D eigenvalue weighted by atomic mass is 16.5. The zero-order valence-electron chi connectivity index (χ0n) is 17.8. The van der Waals surface area contributed by atoms with Gasteiger partial charge in [0.05, 0.1) is 24.3 Å². The molecule has 3 aromatic rings. The molecule has 0 radical (unpaired) electrons. The first-order chi connectivity index (χ1) is 15.6. The molecule has 1 aliphatic rings. The van der Waals surface area contributed by atoms with Gasteiger partial charge in [-0.15, -0.1) is 0 Å². The van der Waals surface area contributed by atoms with E-state index in [2.05, 4.69) is 5.32 Å². The van der Waals surface area contributed by atoms with Crippen LogP contribution in [-0.2, 0) is 4.79 Å². The van der Waals surface area contributed by atoms with Crippen molar-refractivity contribution in [1.29, 1.82) is 0 Å². The molecule has 0 saturated carbocycles. The lowest BCUT2D eigenvalue weighted by molar-refractivity contribution is -0.121. The van der Waals surface area contributed by atoms with Crippen LogP contribution in [0.15, 0.2) is 78.9 Å². The molecule has 4 rings (SSSR count). The Morgan fingerprint density at radius 2 is 1.41 bits per heavy atom. The monoisotopic (exact) mass is 428 g/mol. The topological polar surface area (TPSA) is 75.7 Å². The molecule has 0 aromatic heterocycles. The average Bonchev–Trinajstić information content (AvgIpc) is 3.08. The van der Waals surface area contributed by atoms with Gasteiger partial charge in [0.2, 0.25) is 5.91 Å². The number of benzene rings is 3. The Balaban J connectivity index is 1.40. The molecule has 0 bridgehead atoms. The van der Waals surface area contributed by atoms with E-state index in [0.29, 0.717) is 17.5 Å². The van der Waals surface area contributed by atoms with E-state index in [-0.39, 0.29) is 36.7 Å². The van der Waals surface area contributed by atoms with Crippen LogP contribution in [0, 0.1) is 0 Å². The molecule has 1 N–H and O–H groups in total. The average molecular weight is 428 g/mol. The van der Waals surface area contributed by atoms with Gasteiger partial charge < -0.3 is 10.1 Å². The van der Waals surface area contributed by atoms with Gasteiger partial charge in [0.1, 0.15) is 5.75 Å². The molecule has 0 aliphatic carbocycles. The van der Waals surface area contributed by atoms with Crippen molar-refractivity contribution in [3.05, 3.63) is 101 Å². The maximum atomic E-state index is 12.8. The third-order valence-electron chi connectivity index (χ3n) is 5.55. The van der Waals surface area contributed by atoms with Crippen LogP contribution >= 0.6 is 0 Å². The standard InChI is InChI=1S/C26H24N2O4/c1-32-20-15-13-19(14-16-20)24(18-8-3-2-4-9-18)27-23(29)12-7-17-28-25(30)21-10-5-6-11-22(21)26(28)31/h2-6,8-11,13-16,24H,7,12,17H2,1H3,(H,27,29)/t24-/m0/s1. The van der Waals surface area contributed by atoms with Crippen molar-refractivity contribution in [2.75, 3.05) is 13.7 Å². The Kier molecular flexibility index (Phi) is 6.31. The van der Waals surface area contributed by atoms with E-state index < -0.39 is 0 Å². The van der Waals surface area contributed by atoms with Gasteiger partial charge in [-0.1, -0.05) is 54.6 Å². The highest BCUT2D eigenvalue weighted by Crippen LogP contribution is 2.25. The number of amides is 3. The lowest BCUT2D eigenvalue weighted by atomic mass is 9.98. The minimum absolute atomic E-state index is 0.147. The van der Waals surface area contributed by atoms with Gasteiger partial charge in [-0.25, -0.2) is 0 Å². The van der Waals surface area contributed by atoms with Crippen LogP contribution in [0.4, 0.5) is 0 Å². The predicted octanol–water partition coefficient (Wildman–Crippen LogP) is 3.98. The number of hydrogen-bond acceptors (Lipinski definition) is 4. The first kappa shape index (κ1) is 21.3. The van der Waals surface area contributed by atoms with Gasteiger partial charge in [0, 0.05) is 13.0 Å². The summed E-state index contributed by atoms with van der Waals surface area (Å²) in [5.74, 6) is -0.00285. The summed E-state index contributed by atoms with van der Waals surface area (Å²) in [6, 6.07) is 23.8. The van der Waals surface area contributed by atoms with Crippen LogP contribution < -0.4 is 10.1 Å². The summed E-state index contributed by atoms with van der Waals surface area (Å²) in [6.45, 7) is 0.207. The van der Waals surface area contributed by atoms with E-state index in [9.17, 15) is 14.4 Å². The Morgan fingerprint density at radius 1 is 0.844 bits per heavy atom. The van der Waals surface area contributed by atoms with Crippen LogP contribution in [0.2, 0.25) is 0 Å². The summed E-state index contributed by atoms with van der Waals surface area (Å²) in [5, 5.41) is 3.08. The van der Waals surface area contributed by atoms with Crippen molar-refractivity contribution in [1.82, 2.24) is 10.2 Å². The van der Waals surface area contributed by atoms with E-state index in [0.717, 1.165) is 16.9 Å². The molecule has 1 aliphatic heterocycles. The van der Waals surface area contributed by atoms with Crippen LogP contribution in [0.1, 0.15) is 50.7 Å². The summed E-state index contributed by atoms with van der Waals surface area (Å²) in [5.41, 5.74) is 2.74. The molecule has 32 heavy (non-hydrogen) atoms. The van der Waals surface area contributed by atoms with Crippen LogP contribution in [0.25, 0.3) is 0 Å². The maximum absolute atomic E-state index is 12.8. The summed E-state index contributed by atoms with van der Waals surface area (Å²) in [7, 11) is 1.61. The predicted molar refractivity (Wildman–Crippen MR) is 120 cm³/mol. The number of carbonyl (C=O) groups excluding carboxylic acids is 3. The van der Waals surface area contributed by atoms with E-state index in [1.54, 1.807) is 31.4 Å². The molecule has 0 fully saturated rings. The lowest BCUT2D eigenvalue weighted by Gasteiger charge is -2.21. The number of hydrogen-bond donors (Lipinski definition) is 1. The van der Waals surface area contributed by atoms with Crippen LogP contribution in [0.3, 0.4) is 0 Å². The smallest absolute Gasteiger partial charge is 0.261 e. The molecule has 0 unspecified atom stereocenters. The third-order valence-corrected chi connectivity index (χ3v) is 5.55. The molecule has 6 heteroatoms. The minimum atomic E-state index is -0.311. The molecule has 0 spiro atoms. The van der Waals surface area contributed by atoms with Gasteiger partial charge >= 0.3 is 0 Å². The number of ether oxygens (including phenoxy) is 1. The third kappa shape index (κ3) is 4.39. The van der Waals surface area contributed by atoms with E-state index >= 15 is 0 Å². The molecule has 0 saturated heterocycles.